The quantitative estimate of drug-likeness (QED) is 0.875. The lowest BCUT2D eigenvalue weighted by atomic mass is 9.95. The van der Waals surface area contributed by atoms with Crippen molar-refractivity contribution in [1.82, 2.24) is 19.8 Å². The fourth-order valence-corrected chi connectivity index (χ4v) is 3.23. The molecular formula is C14H24N4. The maximum Gasteiger partial charge on any atom is 0.0948 e. The molecule has 4 nitrogen and oxygen atoms in total. The number of imidazole rings is 1. The second-order valence-electron chi connectivity index (χ2n) is 5.58. The van der Waals surface area contributed by atoms with Gasteiger partial charge in [-0.1, -0.05) is 0 Å². The van der Waals surface area contributed by atoms with Crippen molar-refractivity contribution in [1.29, 1.82) is 0 Å². The van der Waals surface area contributed by atoms with Gasteiger partial charge in [-0.2, -0.15) is 0 Å². The molecule has 0 atom stereocenters. The van der Waals surface area contributed by atoms with E-state index in [1.165, 1.54) is 51.0 Å². The zero-order valence-electron chi connectivity index (χ0n) is 11.1. The van der Waals surface area contributed by atoms with Gasteiger partial charge in [0.25, 0.3) is 0 Å². The van der Waals surface area contributed by atoms with E-state index in [0.717, 1.165) is 19.6 Å². The SMILES string of the molecule is c1ncn(CCN2CCCC2)c1C1CCNCC1. The van der Waals surface area contributed by atoms with E-state index in [1.807, 2.05) is 6.33 Å². The van der Waals surface area contributed by atoms with Crippen molar-refractivity contribution >= 4 is 0 Å². The highest BCUT2D eigenvalue weighted by Crippen LogP contribution is 2.24. The Labute approximate surface area is 109 Å². The van der Waals surface area contributed by atoms with Gasteiger partial charge in [0, 0.05) is 30.9 Å². The Hall–Kier alpha value is -0.870. The molecule has 18 heavy (non-hydrogen) atoms. The third-order valence-electron chi connectivity index (χ3n) is 4.36. The Morgan fingerprint density at radius 3 is 2.72 bits per heavy atom. The van der Waals surface area contributed by atoms with Gasteiger partial charge in [-0.25, -0.2) is 4.98 Å². The van der Waals surface area contributed by atoms with Crippen LogP contribution in [0.1, 0.15) is 37.3 Å². The predicted molar refractivity (Wildman–Crippen MR) is 72.7 cm³/mol. The van der Waals surface area contributed by atoms with E-state index >= 15 is 0 Å². The summed E-state index contributed by atoms with van der Waals surface area (Å²) in [5, 5.41) is 3.43. The summed E-state index contributed by atoms with van der Waals surface area (Å²) in [6, 6.07) is 0. The van der Waals surface area contributed by atoms with Crippen LogP contribution in [0, 0.1) is 0 Å². The normalized spacial score (nSPS) is 22.7. The highest BCUT2D eigenvalue weighted by atomic mass is 15.2. The summed E-state index contributed by atoms with van der Waals surface area (Å²) >= 11 is 0. The minimum Gasteiger partial charge on any atom is -0.333 e. The van der Waals surface area contributed by atoms with Crippen LogP contribution in [-0.4, -0.2) is 47.2 Å². The average molecular weight is 248 g/mol. The molecule has 1 aromatic heterocycles. The Kier molecular flexibility index (Phi) is 3.96. The average Bonchev–Trinajstić information content (AvgIpc) is 3.09. The molecule has 1 N–H and O–H groups in total. The lowest BCUT2D eigenvalue weighted by molar-refractivity contribution is 0.317. The lowest BCUT2D eigenvalue weighted by Gasteiger charge is -2.24. The largest absolute Gasteiger partial charge is 0.333 e. The monoisotopic (exact) mass is 248 g/mol. The molecule has 2 saturated heterocycles. The number of rotatable bonds is 4. The fourth-order valence-electron chi connectivity index (χ4n) is 3.23. The van der Waals surface area contributed by atoms with E-state index in [1.54, 1.807) is 0 Å². The highest BCUT2D eigenvalue weighted by molar-refractivity contribution is 5.07. The highest BCUT2D eigenvalue weighted by Gasteiger charge is 2.19. The molecule has 4 heteroatoms. The second-order valence-corrected chi connectivity index (χ2v) is 5.58. The molecule has 0 unspecified atom stereocenters. The van der Waals surface area contributed by atoms with Gasteiger partial charge < -0.3 is 14.8 Å². The number of hydrogen-bond donors (Lipinski definition) is 1. The molecule has 0 amide bonds. The molecular weight excluding hydrogens is 224 g/mol. The first-order chi connectivity index (χ1) is 8.93. The number of nitrogens with zero attached hydrogens (tertiary/aromatic N) is 3. The lowest BCUT2D eigenvalue weighted by Crippen LogP contribution is -2.29. The maximum absolute atomic E-state index is 4.37. The van der Waals surface area contributed by atoms with Gasteiger partial charge in [-0.3, -0.25) is 0 Å². The van der Waals surface area contributed by atoms with Crippen molar-refractivity contribution in [2.45, 2.75) is 38.1 Å². The van der Waals surface area contributed by atoms with Crippen LogP contribution >= 0.6 is 0 Å². The van der Waals surface area contributed by atoms with Gasteiger partial charge in [-0.05, 0) is 51.9 Å². The van der Waals surface area contributed by atoms with Gasteiger partial charge in [0.2, 0.25) is 0 Å². The van der Waals surface area contributed by atoms with E-state index in [2.05, 4.69) is 26.0 Å². The van der Waals surface area contributed by atoms with E-state index in [0.29, 0.717) is 5.92 Å². The van der Waals surface area contributed by atoms with Crippen molar-refractivity contribution in [2.75, 3.05) is 32.7 Å². The van der Waals surface area contributed by atoms with Crippen molar-refractivity contribution < 1.29 is 0 Å². The van der Waals surface area contributed by atoms with Crippen LogP contribution in [0.4, 0.5) is 0 Å². The minimum atomic E-state index is 0.715. The first kappa shape index (κ1) is 12.2. The zero-order chi connectivity index (χ0) is 12.2. The molecule has 0 spiro atoms. The van der Waals surface area contributed by atoms with Crippen LogP contribution in [0.2, 0.25) is 0 Å². The summed E-state index contributed by atoms with van der Waals surface area (Å²) in [6.07, 6.45) is 9.38. The predicted octanol–water partition coefficient (Wildman–Crippen LogP) is 1.45. The Bertz CT molecular complexity index is 362. The molecule has 1 aromatic rings. The van der Waals surface area contributed by atoms with Gasteiger partial charge in [-0.15, -0.1) is 0 Å². The van der Waals surface area contributed by atoms with Crippen LogP contribution in [0.25, 0.3) is 0 Å². The molecule has 0 aliphatic carbocycles. The van der Waals surface area contributed by atoms with Gasteiger partial charge in [0.15, 0.2) is 0 Å². The second kappa shape index (κ2) is 5.85. The minimum absolute atomic E-state index is 0.715. The number of nitrogens with one attached hydrogen (secondary N) is 1. The summed E-state index contributed by atoms with van der Waals surface area (Å²) in [7, 11) is 0. The van der Waals surface area contributed by atoms with Crippen LogP contribution in [0.3, 0.4) is 0 Å². The topological polar surface area (TPSA) is 33.1 Å². The standard InChI is InChI=1S/C14H24N4/c1-2-8-17(7-1)9-10-18-12-16-11-14(18)13-3-5-15-6-4-13/h11-13,15H,1-10H2. The smallest absolute Gasteiger partial charge is 0.0948 e. The van der Waals surface area contributed by atoms with Gasteiger partial charge >= 0.3 is 0 Å². The molecule has 2 fully saturated rings. The van der Waals surface area contributed by atoms with E-state index < -0.39 is 0 Å². The summed E-state index contributed by atoms with van der Waals surface area (Å²) in [5.41, 5.74) is 1.45. The first-order valence-corrected chi connectivity index (χ1v) is 7.36. The number of piperidine rings is 1. The van der Waals surface area contributed by atoms with Crippen molar-refractivity contribution in [2.24, 2.45) is 0 Å². The molecule has 100 valence electrons. The van der Waals surface area contributed by atoms with Crippen molar-refractivity contribution in [3.63, 3.8) is 0 Å². The third-order valence-corrected chi connectivity index (χ3v) is 4.36. The Balaban J connectivity index is 1.59. The molecule has 0 radical (unpaired) electrons. The van der Waals surface area contributed by atoms with E-state index in [-0.39, 0.29) is 0 Å². The zero-order valence-corrected chi connectivity index (χ0v) is 11.1. The van der Waals surface area contributed by atoms with E-state index in [9.17, 15) is 0 Å². The molecule has 3 rings (SSSR count). The molecule has 0 bridgehead atoms. The van der Waals surface area contributed by atoms with Crippen LogP contribution < -0.4 is 5.32 Å². The number of likely N-dealkylation sites (tertiary alicyclic amines) is 1. The molecule has 3 heterocycles. The molecule has 0 saturated carbocycles. The molecule has 2 aliphatic rings. The fraction of sp³-hybridized carbons (Fsp3) is 0.786. The Morgan fingerprint density at radius 1 is 1.17 bits per heavy atom. The van der Waals surface area contributed by atoms with Crippen LogP contribution in [0.5, 0.6) is 0 Å². The summed E-state index contributed by atoms with van der Waals surface area (Å²) in [4.78, 5) is 6.94. The maximum atomic E-state index is 4.37. The van der Waals surface area contributed by atoms with Gasteiger partial charge in [0.05, 0.1) is 6.33 Å². The van der Waals surface area contributed by atoms with Crippen molar-refractivity contribution in [3.8, 4) is 0 Å². The molecule has 0 aromatic carbocycles. The number of hydrogen-bond acceptors (Lipinski definition) is 3. The van der Waals surface area contributed by atoms with Crippen molar-refractivity contribution in [3.05, 3.63) is 18.2 Å². The van der Waals surface area contributed by atoms with Gasteiger partial charge in [0.1, 0.15) is 0 Å². The Morgan fingerprint density at radius 2 is 1.94 bits per heavy atom. The molecule has 2 aliphatic heterocycles. The summed E-state index contributed by atoms with van der Waals surface area (Å²) in [6.45, 7) is 7.19. The summed E-state index contributed by atoms with van der Waals surface area (Å²) in [5.74, 6) is 0.715. The number of aromatic nitrogens is 2. The summed E-state index contributed by atoms with van der Waals surface area (Å²) < 4.78 is 2.38. The van der Waals surface area contributed by atoms with E-state index in [4.69, 9.17) is 0 Å². The third kappa shape index (κ3) is 2.75. The van der Waals surface area contributed by atoms with Crippen LogP contribution in [0.15, 0.2) is 12.5 Å². The van der Waals surface area contributed by atoms with Crippen LogP contribution in [-0.2, 0) is 6.54 Å². The first-order valence-electron chi connectivity index (χ1n) is 7.36.